The van der Waals surface area contributed by atoms with Crippen molar-refractivity contribution in [2.24, 2.45) is 0 Å². The number of hydrogen-bond donors (Lipinski definition) is 1. The standard InChI is InChI=1S/C16H31N3O/c1-5-9-18-16(13-17)8-6-7-15(12-16)19(4)10-11-20-14(2)3/h14-15,18H,5-12H2,1-4H3. The van der Waals surface area contributed by atoms with E-state index in [9.17, 15) is 5.26 Å². The SMILES string of the molecule is CCCNC1(C#N)CCCC(N(C)CCOC(C)C)C1. The molecule has 1 rings (SSSR count). The van der Waals surface area contributed by atoms with Gasteiger partial charge in [0.25, 0.3) is 0 Å². The Balaban J connectivity index is 2.48. The average molecular weight is 281 g/mol. The van der Waals surface area contributed by atoms with Gasteiger partial charge in [-0.3, -0.25) is 5.32 Å². The molecule has 0 aliphatic heterocycles. The molecule has 4 heteroatoms. The Kier molecular flexibility index (Phi) is 7.50. The highest BCUT2D eigenvalue weighted by atomic mass is 16.5. The molecular formula is C16H31N3O. The van der Waals surface area contributed by atoms with Crippen LogP contribution in [0.4, 0.5) is 0 Å². The van der Waals surface area contributed by atoms with Crippen molar-refractivity contribution in [2.45, 2.75) is 70.6 Å². The number of nitrogens with zero attached hydrogens (tertiary/aromatic N) is 2. The molecule has 0 spiro atoms. The van der Waals surface area contributed by atoms with Gasteiger partial charge in [-0.05, 0) is 59.5 Å². The minimum atomic E-state index is -0.313. The summed E-state index contributed by atoms with van der Waals surface area (Å²) in [6.07, 6.45) is 5.60. The summed E-state index contributed by atoms with van der Waals surface area (Å²) < 4.78 is 5.62. The number of ether oxygens (including phenoxy) is 1. The molecule has 4 nitrogen and oxygen atoms in total. The van der Waals surface area contributed by atoms with E-state index in [1.165, 1.54) is 6.42 Å². The van der Waals surface area contributed by atoms with Gasteiger partial charge in [0.15, 0.2) is 0 Å². The summed E-state index contributed by atoms with van der Waals surface area (Å²) in [5.74, 6) is 0. The quantitative estimate of drug-likeness (QED) is 0.743. The number of nitrogens with one attached hydrogen (secondary N) is 1. The zero-order valence-electron chi connectivity index (χ0n) is 13.6. The first-order chi connectivity index (χ1) is 9.53. The van der Waals surface area contributed by atoms with Crippen molar-refractivity contribution in [1.29, 1.82) is 5.26 Å². The Morgan fingerprint density at radius 2 is 2.25 bits per heavy atom. The smallest absolute Gasteiger partial charge is 0.108 e. The van der Waals surface area contributed by atoms with Crippen LogP contribution in [0, 0.1) is 11.3 Å². The van der Waals surface area contributed by atoms with Gasteiger partial charge in [-0.2, -0.15) is 5.26 Å². The van der Waals surface area contributed by atoms with Gasteiger partial charge in [-0.25, -0.2) is 0 Å². The number of nitriles is 1. The van der Waals surface area contributed by atoms with E-state index in [0.29, 0.717) is 12.1 Å². The lowest BCUT2D eigenvalue weighted by Gasteiger charge is -2.40. The largest absolute Gasteiger partial charge is 0.377 e. The van der Waals surface area contributed by atoms with E-state index in [4.69, 9.17) is 4.74 Å². The summed E-state index contributed by atoms with van der Waals surface area (Å²) in [7, 11) is 2.15. The summed E-state index contributed by atoms with van der Waals surface area (Å²) in [6, 6.07) is 3.03. The lowest BCUT2D eigenvalue weighted by molar-refractivity contribution is 0.0466. The molecule has 0 bridgehead atoms. The van der Waals surface area contributed by atoms with Crippen LogP contribution in [0.25, 0.3) is 0 Å². The molecule has 116 valence electrons. The fraction of sp³-hybridized carbons (Fsp3) is 0.938. The molecule has 1 aliphatic rings. The van der Waals surface area contributed by atoms with Crippen molar-refractivity contribution in [1.82, 2.24) is 10.2 Å². The van der Waals surface area contributed by atoms with Crippen molar-refractivity contribution in [2.75, 3.05) is 26.7 Å². The summed E-state index contributed by atoms with van der Waals surface area (Å²) in [4.78, 5) is 2.36. The van der Waals surface area contributed by atoms with E-state index in [-0.39, 0.29) is 5.54 Å². The van der Waals surface area contributed by atoms with Crippen LogP contribution in [0.2, 0.25) is 0 Å². The predicted molar refractivity (Wildman–Crippen MR) is 82.6 cm³/mol. The molecule has 0 heterocycles. The van der Waals surface area contributed by atoms with Gasteiger partial charge in [0.05, 0.1) is 18.8 Å². The van der Waals surface area contributed by atoms with Crippen LogP contribution >= 0.6 is 0 Å². The van der Waals surface area contributed by atoms with E-state index < -0.39 is 0 Å². The molecule has 2 atom stereocenters. The second kappa shape index (κ2) is 8.61. The van der Waals surface area contributed by atoms with Crippen molar-refractivity contribution in [3.8, 4) is 6.07 Å². The fourth-order valence-electron chi connectivity index (χ4n) is 2.90. The molecule has 1 N–H and O–H groups in total. The molecule has 1 fully saturated rings. The van der Waals surface area contributed by atoms with Gasteiger partial charge >= 0.3 is 0 Å². The van der Waals surface area contributed by atoms with Crippen LogP contribution in [-0.2, 0) is 4.74 Å². The number of hydrogen-bond acceptors (Lipinski definition) is 4. The first-order valence-corrected chi connectivity index (χ1v) is 8.01. The third kappa shape index (κ3) is 5.40. The van der Waals surface area contributed by atoms with Crippen molar-refractivity contribution >= 4 is 0 Å². The normalized spacial score (nSPS) is 26.9. The van der Waals surface area contributed by atoms with Gasteiger partial charge < -0.3 is 9.64 Å². The van der Waals surface area contributed by atoms with Crippen molar-refractivity contribution in [3.05, 3.63) is 0 Å². The third-order valence-electron chi connectivity index (χ3n) is 4.17. The highest BCUT2D eigenvalue weighted by Crippen LogP contribution is 2.30. The third-order valence-corrected chi connectivity index (χ3v) is 4.17. The average Bonchev–Trinajstić information content (AvgIpc) is 2.45. The van der Waals surface area contributed by atoms with Crippen LogP contribution < -0.4 is 5.32 Å². The highest BCUT2D eigenvalue weighted by Gasteiger charge is 2.37. The van der Waals surface area contributed by atoms with Crippen LogP contribution in [0.15, 0.2) is 0 Å². The summed E-state index contributed by atoms with van der Waals surface area (Å²) in [5, 5.41) is 13.0. The second-order valence-corrected chi connectivity index (χ2v) is 6.27. The summed E-state index contributed by atoms with van der Waals surface area (Å²) in [6.45, 7) is 8.92. The van der Waals surface area contributed by atoms with Crippen molar-refractivity contribution in [3.63, 3.8) is 0 Å². The molecule has 1 saturated carbocycles. The van der Waals surface area contributed by atoms with Gasteiger partial charge in [0, 0.05) is 12.6 Å². The van der Waals surface area contributed by atoms with Gasteiger partial charge in [0.1, 0.15) is 5.54 Å². The maximum absolute atomic E-state index is 9.56. The lowest BCUT2D eigenvalue weighted by Crippen LogP contribution is -2.52. The molecule has 20 heavy (non-hydrogen) atoms. The van der Waals surface area contributed by atoms with E-state index in [1.807, 2.05) is 0 Å². The molecule has 2 unspecified atom stereocenters. The molecule has 0 aromatic rings. The monoisotopic (exact) mass is 281 g/mol. The lowest BCUT2D eigenvalue weighted by atomic mass is 9.79. The van der Waals surface area contributed by atoms with E-state index in [1.54, 1.807) is 0 Å². The van der Waals surface area contributed by atoms with E-state index in [0.717, 1.165) is 45.4 Å². The van der Waals surface area contributed by atoms with E-state index in [2.05, 4.69) is 44.1 Å². The first-order valence-electron chi connectivity index (χ1n) is 8.01. The molecule has 0 radical (unpaired) electrons. The van der Waals surface area contributed by atoms with Crippen LogP contribution in [0.3, 0.4) is 0 Å². The number of likely N-dealkylation sites (N-methyl/N-ethyl adjacent to an activating group) is 1. The Morgan fingerprint density at radius 3 is 2.85 bits per heavy atom. The second-order valence-electron chi connectivity index (χ2n) is 6.27. The highest BCUT2D eigenvalue weighted by molar-refractivity contribution is 5.11. The Hall–Kier alpha value is -0.630. The van der Waals surface area contributed by atoms with Crippen LogP contribution in [0.5, 0.6) is 0 Å². The zero-order chi connectivity index (χ0) is 15.0. The molecular weight excluding hydrogens is 250 g/mol. The Labute approximate surface area is 124 Å². The number of rotatable bonds is 8. The summed E-state index contributed by atoms with van der Waals surface area (Å²) in [5.41, 5.74) is -0.313. The van der Waals surface area contributed by atoms with Crippen LogP contribution in [0.1, 0.15) is 52.9 Å². The zero-order valence-corrected chi connectivity index (χ0v) is 13.6. The van der Waals surface area contributed by atoms with Gasteiger partial charge in [-0.1, -0.05) is 6.92 Å². The molecule has 0 amide bonds. The Bertz CT molecular complexity index is 313. The molecule has 1 aliphatic carbocycles. The minimum absolute atomic E-state index is 0.291. The first kappa shape index (κ1) is 17.4. The molecule has 0 saturated heterocycles. The Morgan fingerprint density at radius 1 is 1.50 bits per heavy atom. The topological polar surface area (TPSA) is 48.3 Å². The van der Waals surface area contributed by atoms with Gasteiger partial charge in [0.2, 0.25) is 0 Å². The van der Waals surface area contributed by atoms with Gasteiger partial charge in [-0.15, -0.1) is 0 Å². The van der Waals surface area contributed by atoms with Crippen molar-refractivity contribution < 1.29 is 4.74 Å². The predicted octanol–water partition coefficient (Wildman–Crippen LogP) is 2.55. The maximum atomic E-state index is 9.56. The fourth-order valence-corrected chi connectivity index (χ4v) is 2.90. The minimum Gasteiger partial charge on any atom is -0.377 e. The van der Waals surface area contributed by atoms with Crippen LogP contribution in [-0.4, -0.2) is 49.3 Å². The van der Waals surface area contributed by atoms with E-state index >= 15 is 0 Å². The summed E-state index contributed by atoms with van der Waals surface area (Å²) >= 11 is 0. The molecule has 0 aromatic carbocycles. The maximum Gasteiger partial charge on any atom is 0.108 e. The molecule has 0 aromatic heterocycles.